The normalized spacial score (nSPS) is 28.8. The molecule has 0 spiro atoms. The highest BCUT2D eigenvalue weighted by Crippen LogP contribution is 2.44. The predicted molar refractivity (Wildman–Crippen MR) is 90.1 cm³/mol. The molecule has 1 aromatic rings. The van der Waals surface area contributed by atoms with Crippen LogP contribution in [0, 0.1) is 5.41 Å². The van der Waals surface area contributed by atoms with Crippen molar-refractivity contribution in [3.63, 3.8) is 0 Å². The van der Waals surface area contributed by atoms with Gasteiger partial charge in [-0.15, -0.1) is 11.3 Å². The minimum atomic E-state index is 0.251. The number of aryl methyl sites for hydroxylation is 2. The van der Waals surface area contributed by atoms with Crippen LogP contribution in [0.3, 0.4) is 0 Å². The van der Waals surface area contributed by atoms with E-state index >= 15 is 0 Å². The number of hydrogen-bond donors (Lipinski definition) is 1. The fourth-order valence-electron chi connectivity index (χ4n) is 3.76. The minimum Gasteiger partial charge on any atom is -0.378 e. The highest BCUT2D eigenvalue weighted by molar-refractivity contribution is 7.12. The number of fused-ring (bicyclic) bond motifs is 1. The van der Waals surface area contributed by atoms with Crippen LogP contribution in [0.25, 0.3) is 0 Å². The van der Waals surface area contributed by atoms with Crippen molar-refractivity contribution in [3.8, 4) is 0 Å². The molecule has 1 fully saturated rings. The SMILES string of the molecule is CCOC1CC(NC(C)c2cc3c(s2)CCCC3)C1(C)C. The molecule has 2 aliphatic rings. The van der Waals surface area contributed by atoms with Crippen LogP contribution in [0.1, 0.15) is 68.3 Å². The average molecular weight is 308 g/mol. The largest absolute Gasteiger partial charge is 0.378 e. The summed E-state index contributed by atoms with van der Waals surface area (Å²) in [5, 5.41) is 3.85. The second kappa shape index (κ2) is 6.02. The van der Waals surface area contributed by atoms with Gasteiger partial charge < -0.3 is 10.1 Å². The van der Waals surface area contributed by atoms with E-state index in [1.807, 2.05) is 11.3 Å². The van der Waals surface area contributed by atoms with Crippen molar-refractivity contribution >= 4 is 11.3 Å². The van der Waals surface area contributed by atoms with Crippen molar-refractivity contribution in [2.24, 2.45) is 5.41 Å². The molecule has 1 heterocycles. The van der Waals surface area contributed by atoms with Gasteiger partial charge in [0, 0.05) is 33.9 Å². The zero-order chi connectivity index (χ0) is 15.0. The lowest BCUT2D eigenvalue weighted by Gasteiger charge is -2.52. The molecule has 3 atom stereocenters. The molecule has 2 aliphatic carbocycles. The molecule has 2 nitrogen and oxygen atoms in total. The Hall–Kier alpha value is -0.380. The van der Waals surface area contributed by atoms with E-state index in [-0.39, 0.29) is 5.41 Å². The van der Waals surface area contributed by atoms with Crippen molar-refractivity contribution in [1.29, 1.82) is 0 Å². The second-order valence-corrected chi connectivity index (χ2v) is 8.41. The molecule has 3 rings (SSSR count). The smallest absolute Gasteiger partial charge is 0.0655 e. The van der Waals surface area contributed by atoms with E-state index in [9.17, 15) is 0 Å². The molecule has 21 heavy (non-hydrogen) atoms. The van der Waals surface area contributed by atoms with Crippen molar-refractivity contribution in [3.05, 3.63) is 21.4 Å². The standard InChI is InChI=1S/C18H29NOS/c1-5-20-17-11-16(18(17,3)4)19-12(2)15-10-13-8-6-7-9-14(13)21-15/h10,12,16-17,19H,5-9,11H2,1-4H3. The first-order valence-electron chi connectivity index (χ1n) is 8.51. The molecule has 0 saturated heterocycles. The number of rotatable bonds is 5. The van der Waals surface area contributed by atoms with Gasteiger partial charge in [0.25, 0.3) is 0 Å². The maximum Gasteiger partial charge on any atom is 0.0655 e. The molecule has 1 aromatic heterocycles. The van der Waals surface area contributed by atoms with E-state index in [1.54, 1.807) is 10.4 Å². The second-order valence-electron chi connectivity index (χ2n) is 7.25. The summed E-state index contributed by atoms with van der Waals surface area (Å²) < 4.78 is 5.84. The Morgan fingerprint density at radius 1 is 1.38 bits per heavy atom. The fourth-order valence-corrected chi connectivity index (χ4v) is 5.03. The molecule has 0 aliphatic heterocycles. The quantitative estimate of drug-likeness (QED) is 0.866. The van der Waals surface area contributed by atoms with Crippen LogP contribution in [0.15, 0.2) is 6.07 Å². The lowest BCUT2D eigenvalue weighted by molar-refractivity contribution is -0.116. The van der Waals surface area contributed by atoms with Gasteiger partial charge in [0.05, 0.1) is 6.10 Å². The number of thiophene rings is 1. The maximum absolute atomic E-state index is 5.84. The third-order valence-electron chi connectivity index (χ3n) is 5.44. The van der Waals surface area contributed by atoms with Crippen molar-refractivity contribution in [2.45, 2.75) is 78.0 Å². The van der Waals surface area contributed by atoms with Crippen LogP contribution in [-0.2, 0) is 17.6 Å². The molecule has 0 aromatic carbocycles. The highest BCUT2D eigenvalue weighted by Gasteiger charge is 2.49. The van der Waals surface area contributed by atoms with E-state index in [2.05, 4.69) is 39.1 Å². The lowest BCUT2D eigenvalue weighted by atomic mass is 9.64. The lowest BCUT2D eigenvalue weighted by Crippen LogP contribution is -2.61. The van der Waals surface area contributed by atoms with Gasteiger partial charge in [-0.3, -0.25) is 0 Å². The molecular formula is C18H29NOS. The van der Waals surface area contributed by atoms with Crippen LogP contribution < -0.4 is 5.32 Å². The van der Waals surface area contributed by atoms with Gasteiger partial charge in [-0.05, 0) is 57.6 Å². The predicted octanol–water partition coefficient (Wildman–Crippen LogP) is 4.48. The summed E-state index contributed by atoms with van der Waals surface area (Å²) in [5.41, 5.74) is 1.87. The van der Waals surface area contributed by atoms with E-state index in [1.165, 1.54) is 30.6 Å². The molecule has 1 saturated carbocycles. The van der Waals surface area contributed by atoms with Crippen LogP contribution in [0.2, 0.25) is 0 Å². The fraction of sp³-hybridized carbons (Fsp3) is 0.778. The van der Waals surface area contributed by atoms with Crippen LogP contribution in [0.4, 0.5) is 0 Å². The minimum absolute atomic E-state index is 0.251. The van der Waals surface area contributed by atoms with Crippen molar-refractivity contribution in [1.82, 2.24) is 5.32 Å². The first kappa shape index (κ1) is 15.5. The summed E-state index contributed by atoms with van der Waals surface area (Å²) in [4.78, 5) is 3.17. The van der Waals surface area contributed by atoms with Crippen LogP contribution in [-0.4, -0.2) is 18.8 Å². The van der Waals surface area contributed by atoms with Gasteiger partial charge in [0.15, 0.2) is 0 Å². The monoisotopic (exact) mass is 307 g/mol. The van der Waals surface area contributed by atoms with Gasteiger partial charge in [-0.2, -0.15) is 0 Å². The first-order valence-corrected chi connectivity index (χ1v) is 9.33. The average Bonchev–Trinajstić information content (AvgIpc) is 2.90. The van der Waals surface area contributed by atoms with Crippen molar-refractivity contribution in [2.75, 3.05) is 6.61 Å². The summed E-state index contributed by atoms with van der Waals surface area (Å²) in [7, 11) is 0. The first-order chi connectivity index (χ1) is 10.0. The van der Waals surface area contributed by atoms with Crippen LogP contribution >= 0.6 is 11.3 Å². The number of hydrogen-bond acceptors (Lipinski definition) is 3. The topological polar surface area (TPSA) is 21.3 Å². The van der Waals surface area contributed by atoms with E-state index in [0.29, 0.717) is 18.2 Å². The van der Waals surface area contributed by atoms with Crippen molar-refractivity contribution < 1.29 is 4.74 Å². The zero-order valence-corrected chi connectivity index (χ0v) is 14.7. The summed E-state index contributed by atoms with van der Waals surface area (Å²) in [6.45, 7) is 9.91. The van der Waals surface area contributed by atoms with E-state index < -0.39 is 0 Å². The molecule has 0 radical (unpaired) electrons. The zero-order valence-electron chi connectivity index (χ0n) is 13.9. The van der Waals surface area contributed by atoms with E-state index in [0.717, 1.165) is 13.0 Å². The Kier molecular flexibility index (Phi) is 4.45. The number of nitrogens with one attached hydrogen (secondary N) is 1. The van der Waals surface area contributed by atoms with Gasteiger partial charge in [-0.1, -0.05) is 13.8 Å². The Bertz CT molecular complexity index is 470. The summed E-state index contributed by atoms with van der Waals surface area (Å²) in [6, 6.07) is 3.50. The summed E-state index contributed by atoms with van der Waals surface area (Å²) >= 11 is 2.04. The third-order valence-corrected chi connectivity index (χ3v) is 6.86. The van der Waals surface area contributed by atoms with Gasteiger partial charge in [0.1, 0.15) is 0 Å². The molecule has 1 N–H and O–H groups in total. The summed E-state index contributed by atoms with van der Waals surface area (Å²) in [5.74, 6) is 0. The Labute approximate surface area is 133 Å². The Morgan fingerprint density at radius 2 is 2.14 bits per heavy atom. The molecule has 0 bridgehead atoms. The van der Waals surface area contributed by atoms with Crippen LogP contribution in [0.5, 0.6) is 0 Å². The Morgan fingerprint density at radius 3 is 2.81 bits per heavy atom. The van der Waals surface area contributed by atoms with Gasteiger partial charge >= 0.3 is 0 Å². The number of ether oxygens (including phenoxy) is 1. The Balaban J connectivity index is 1.62. The molecule has 0 amide bonds. The van der Waals surface area contributed by atoms with Gasteiger partial charge in [-0.25, -0.2) is 0 Å². The molecule has 3 heteroatoms. The molecular weight excluding hydrogens is 278 g/mol. The molecule has 118 valence electrons. The third kappa shape index (κ3) is 2.93. The van der Waals surface area contributed by atoms with Gasteiger partial charge in [0.2, 0.25) is 0 Å². The highest BCUT2D eigenvalue weighted by atomic mass is 32.1. The summed E-state index contributed by atoms with van der Waals surface area (Å²) in [6.07, 6.45) is 6.91. The van der Waals surface area contributed by atoms with E-state index in [4.69, 9.17) is 4.74 Å². The molecule has 3 unspecified atom stereocenters. The maximum atomic E-state index is 5.84.